The Labute approximate surface area is 142 Å². The van der Waals surface area contributed by atoms with Crippen molar-refractivity contribution in [2.75, 3.05) is 26.2 Å². The van der Waals surface area contributed by atoms with Crippen molar-refractivity contribution in [3.63, 3.8) is 0 Å². The maximum absolute atomic E-state index is 13.4. The van der Waals surface area contributed by atoms with Crippen LogP contribution in [-0.4, -0.2) is 36.9 Å². The van der Waals surface area contributed by atoms with Gasteiger partial charge >= 0.3 is 0 Å². The molecule has 2 aromatic rings. The van der Waals surface area contributed by atoms with Crippen molar-refractivity contribution in [2.24, 2.45) is 5.41 Å². The van der Waals surface area contributed by atoms with Crippen LogP contribution in [0.1, 0.15) is 24.2 Å². The fourth-order valence-electron chi connectivity index (χ4n) is 5.73. The van der Waals surface area contributed by atoms with E-state index in [0.717, 1.165) is 26.2 Å². The van der Waals surface area contributed by atoms with Gasteiger partial charge in [0.2, 0.25) is 6.17 Å². The van der Waals surface area contributed by atoms with Crippen molar-refractivity contribution in [3.05, 3.63) is 66.0 Å². The number of nitrogens with one attached hydrogen (secondary N) is 2. The molecule has 2 N–H and O–H groups in total. The molecule has 2 atom stereocenters. The molecule has 4 aliphatic rings. The van der Waals surface area contributed by atoms with E-state index in [1.807, 2.05) is 24.5 Å². The summed E-state index contributed by atoms with van der Waals surface area (Å²) in [6.45, 7) is 5.90. The molecule has 0 saturated carbocycles. The summed E-state index contributed by atoms with van der Waals surface area (Å²) in [5.74, 6) is 0.471. The molecule has 2 unspecified atom stereocenters. The average Bonchev–Trinajstić information content (AvgIpc) is 2.60. The number of quaternary nitrogens is 2. The highest BCUT2D eigenvalue weighted by atomic mass is 16.1. The summed E-state index contributed by atoms with van der Waals surface area (Å²) in [6, 6.07) is 14.7. The van der Waals surface area contributed by atoms with Crippen molar-refractivity contribution in [2.45, 2.75) is 18.5 Å². The third kappa shape index (κ3) is 1.75. The zero-order valence-corrected chi connectivity index (χ0v) is 14.0. The monoisotopic (exact) mass is 321 g/mol. The average molecular weight is 321 g/mol. The molecule has 4 heteroatoms. The molecule has 0 radical (unpaired) electrons. The summed E-state index contributed by atoms with van der Waals surface area (Å²) < 4.78 is 0. The van der Waals surface area contributed by atoms with Gasteiger partial charge in [-0.1, -0.05) is 30.3 Å². The maximum atomic E-state index is 13.4. The topological polar surface area (TPSA) is 38.8 Å². The van der Waals surface area contributed by atoms with Gasteiger partial charge in [0.25, 0.3) is 0 Å². The van der Waals surface area contributed by atoms with Crippen LogP contribution in [0, 0.1) is 5.41 Å². The molecule has 4 saturated heterocycles. The fourth-order valence-corrected chi connectivity index (χ4v) is 5.73. The molecule has 1 aromatic heterocycles. The van der Waals surface area contributed by atoms with Gasteiger partial charge in [-0.2, -0.15) is 0 Å². The van der Waals surface area contributed by atoms with Crippen LogP contribution in [0.15, 0.2) is 54.9 Å². The van der Waals surface area contributed by atoms with Crippen LogP contribution >= 0.6 is 0 Å². The predicted octanol–water partition coefficient (Wildman–Crippen LogP) is -0.596. The molecule has 5 heterocycles. The minimum Gasteiger partial charge on any atom is -0.297 e. The summed E-state index contributed by atoms with van der Waals surface area (Å²) in [7, 11) is 0. The van der Waals surface area contributed by atoms with Crippen LogP contribution in [0.25, 0.3) is 0 Å². The maximum Gasteiger partial charge on any atom is 0.241 e. The van der Waals surface area contributed by atoms with E-state index in [1.165, 1.54) is 11.1 Å². The number of aromatic nitrogens is 1. The molecule has 24 heavy (non-hydrogen) atoms. The first-order valence-corrected chi connectivity index (χ1v) is 8.82. The summed E-state index contributed by atoms with van der Waals surface area (Å²) in [5.41, 5.74) is 2.01. The van der Waals surface area contributed by atoms with Crippen LogP contribution in [0.4, 0.5) is 0 Å². The lowest BCUT2D eigenvalue weighted by Gasteiger charge is -2.59. The normalized spacial score (nSPS) is 40.0. The highest BCUT2D eigenvalue weighted by Crippen LogP contribution is 2.38. The molecule has 4 bridgehead atoms. The molecule has 4 aliphatic heterocycles. The Morgan fingerprint density at radius 3 is 2.33 bits per heavy atom. The minimum atomic E-state index is -0.310. The number of benzene rings is 1. The molecule has 0 spiro atoms. The number of nitrogens with zero attached hydrogens (tertiary/aromatic N) is 1. The number of piperidine rings is 2. The molecular weight excluding hydrogens is 298 g/mol. The second kappa shape index (κ2) is 4.74. The van der Waals surface area contributed by atoms with Gasteiger partial charge < -0.3 is 0 Å². The van der Waals surface area contributed by atoms with Gasteiger partial charge in [0.15, 0.2) is 11.2 Å². The van der Waals surface area contributed by atoms with E-state index in [0.29, 0.717) is 11.9 Å². The van der Waals surface area contributed by atoms with Crippen LogP contribution < -0.4 is 9.80 Å². The Balaban J connectivity index is 1.62. The Kier molecular flexibility index (Phi) is 2.83. The highest BCUT2D eigenvalue weighted by molar-refractivity contribution is 5.96. The van der Waals surface area contributed by atoms with Gasteiger partial charge in [-0.3, -0.25) is 19.6 Å². The summed E-state index contributed by atoms with van der Waals surface area (Å²) in [5, 5.41) is 0. The van der Waals surface area contributed by atoms with Crippen LogP contribution in [0.3, 0.4) is 0 Å². The second-order valence-electron chi connectivity index (χ2n) is 8.08. The second-order valence-corrected chi connectivity index (χ2v) is 8.08. The van der Waals surface area contributed by atoms with Gasteiger partial charge in [0.05, 0.1) is 5.56 Å². The number of ketones is 1. The number of rotatable bonds is 2. The zero-order valence-electron chi connectivity index (χ0n) is 14.0. The third-order valence-corrected chi connectivity index (χ3v) is 6.44. The first-order chi connectivity index (χ1) is 11.6. The van der Waals surface area contributed by atoms with Crippen molar-refractivity contribution in [3.8, 4) is 0 Å². The van der Waals surface area contributed by atoms with E-state index in [-0.39, 0.29) is 10.8 Å². The van der Waals surface area contributed by atoms with E-state index in [1.54, 1.807) is 9.80 Å². The third-order valence-electron chi connectivity index (χ3n) is 6.44. The SMILES string of the molecule is CC12C[NH+]3CC(c4ccccc4)(C[NH+](C1)C3c1cccnc1)C2=O. The van der Waals surface area contributed by atoms with Crippen molar-refractivity contribution >= 4 is 5.78 Å². The van der Waals surface area contributed by atoms with Gasteiger partial charge in [0.1, 0.15) is 31.6 Å². The largest absolute Gasteiger partial charge is 0.297 e. The summed E-state index contributed by atoms with van der Waals surface area (Å²) in [6.07, 6.45) is 4.26. The number of pyridine rings is 1. The number of Topliss-reactive ketones (excluding diaryl/α,β-unsaturated/α-hetero) is 1. The van der Waals surface area contributed by atoms with Gasteiger partial charge in [0, 0.05) is 12.4 Å². The van der Waals surface area contributed by atoms with Crippen molar-refractivity contribution in [1.29, 1.82) is 0 Å². The molecule has 4 nitrogen and oxygen atoms in total. The predicted molar refractivity (Wildman–Crippen MR) is 89.6 cm³/mol. The van der Waals surface area contributed by atoms with E-state index < -0.39 is 0 Å². The van der Waals surface area contributed by atoms with Crippen LogP contribution in [0.5, 0.6) is 0 Å². The lowest BCUT2D eigenvalue weighted by Crippen LogP contribution is -3.41. The number of carbonyl (C=O) groups excluding carboxylic acids is 1. The van der Waals surface area contributed by atoms with Crippen LogP contribution in [0.2, 0.25) is 0 Å². The van der Waals surface area contributed by atoms with E-state index in [4.69, 9.17) is 0 Å². The fraction of sp³-hybridized carbons (Fsp3) is 0.400. The van der Waals surface area contributed by atoms with Gasteiger partial charge in [-0.25, -0.2) is 0 Å². The van der Waals surface area contributed by atoms with Crippen molar-refractivity contribution < 1.29 is 14.6 Å². The summed E-state index contributed by atoms with van der Waals surface area (Å²) >= 11 is 0. The lowest BCUT2D eigenvalue weighted by atomic mass is 9.58. The van der Waals surface area contributed by atoms with E-state index >= 15 is 0 Å². The molecule has 4 fully saturated rings. The van der Waals surface area contributed by atoms with Crippen LogP contribution in [-0.2, 0) is 10.2 Å². The molecule has 0 aliphatic carbocycles. The minimum absolute atomic E-state index is 0.199. The van der Waals surface area contributed by atoms with Gasteiger partial charge in [-0.15, -0.1) is 0 Å². The Hall–Kier alpha value is -2.04. The van der Waals surface area contributed by atoms with E-state index in [9.17, 15) is 4.79 Å². The smallest absolute Gasteiger partial charge is 0.241 e. The first kappa shape index (κ1) is 14.3. The molecule has 1 aromatic carbocycles. The standard InChI is InChI=1S/C20H21N3O/c1-19-11-22-13-20(18(19)24,16-7-3-2-4-8-16)14-23(12-19)17(22)15-6-5-9-21-10-15/h2-10,17H,11-14H2,1H3/p+2. The molecule has 122 valence electrons. The first-order valence-electron chi connectivity index (χ1n) is 8.82. The number of carbonyl (C=O) groups is 1. The summed E-state index contributed by atoms with van der Waals surface area (Å²) in [4.78, 5) is 20.8. The Morgan fingerprint density at radius 1 is 1.00 bits per heavy atom. The Bertz CT molecular complexity index is 773. The lowest BCUT2D eigenvalue weighted by molar-refractivity contribution is -1.18. The number of hydrogen-bond acceptors (Lipinski definition) is 2. The molecule has 0 amide bonds. The number of hydrogen-bond donors (Lipinski definition) is 2. The Morgan fingerprint density at radius 2 is 1.71 bits per heavy atom. The zero-order chi connectivity index (χ0) is 16.4. The molecular formula is C20H23N3O+2. The van der Waals surface area contributed by atoms with E-state index in [2.05, 4.69) is 42.2 Å². The highest BCUT2D eigenvalue weighted by Gasteiger charge is 2.70. The quantitative estimate of drug-likeness (QED) is 0.776. The van der Waals surface area contributed by atoms with Gasteiger partial charge in [-0.05, 0) is 24.6 Å². The molecule has 6 rings (SSSR count). The van der Waals surface area contributed by atoms with Crippen molar-refractivity contribution in [1.82, 2.24) is 4.98 Å².